The van der Waals surface area contributed by atoms with Crippen molar-refractivity contribution in [1.82, 2.24) is 10.2 Å². The summed E-state index contributed by atoms with van der Waals surface area (Å²) >= 11 is 2.99. The number of halogens is 1. The Kier molecular flexibility index (Phi) is 16.5. The monoisotopic (exact) mass is 714 g/mol. The molecular formula is C38H55BrN2O6. The zero-order valence-electron chi connectivity index (χ0n) is 29.6. The molecule has 2 aromatic rings. The van der Waals surface area contributed by atoms with Gasteiger partial charge in [0.05, 0.1) is 6.54 Å². The van der Waals surface area contributed by atoms with E-state index in [1.807, 2.05) is 65.8 Å². The minimum Gasteiger partial charge on any atom is -0.459 e. The molecule has 0 aromatic heterocycles. The first kappa shape index (κ1) is 40.3. The van der Waals surface area contributed by atoms with Crippen molar-refractivity contribution in [3.05, 3.63) is 69.8 Å². The molecule has 2 aliphatic heterocycles. The van der Waals surface area contributed by atoms with Crippen LogP contribution in [0.3, 0.4) is 0 Å². The van der Waals surface area contributed by atoms with Gasteiger partial charge >= 0.3 is 11.9 Å². The second-order valence-corrected chi connectivity index (χ2v) is 14.9. The Balaban J connectivity index is 0.000000274. The van der Waals surface area contributed by atoms with Gasteiger partial charge in [-0.3, -0.25) is 24.1 Å². The van der Waals surface area contributed by atoms with Crippen molar-refractivity contribution in [2.45, 2.75) is 104 Å². The van der Waals surface area contributed by atoms with E-state index < -0.39 is 5.60 Å². The van der Waals surface area contributed by atoms with Crippen molar-refractivity contribution in [1.29, 1.82) is 0 Å². The second kappa shape index (κ2) is 19.2. The van der Waals surface area contributed by atoms with Gasteiger partial charge in [-0.2, -0.15) is 0 Å². The third-order valence-corrected chi connectivity index (χ3v) is 8.30. The maximum absolute atomic E-state index is 11.9. The zero-order chi connectivity index (χ0) is 35.2. The highest BCUT2D eigenvalue weighted by atomic mass is 79.9. The third kappa shape index (κ3) is 15.3. The first-order valence-corrected chi connectivity index (χ1v) is 17.7. The lowest BCUT2D eigenvalue weighted by atomic mass is 9.86. The number of nitrogens with one attached hydrogen (secondary N) is 1. The van der Waals surface area contributed by atoms with E-state index in [1.165, 1.54) is 16.7 Å². The Morgan fingerprint density at radius 1 is 0.766 bits per heavy atom. The van der Waals surface area contributed by atoms with Crippen LogP contribution in [0, 0.1) is 13.8 Å². The van der Waals surface area contributed by atoms with Gasteiger partial charge in [0.15, 0.2) is 0 Å². The topological polar surface area (TPSA) is 102 Å². The van der Waals surface area contributed by atoms with E-state index in [-0.39, 0.29) is 22.9 Å². The molecule has 4 rings (SSSR count). The highest BCUT2D eigenvalue weighted by Crippen LogP contribution is 2.31. The molecule has 0 saturated carbocycles. The summed E-state index contributed by atoms with van der Waals surface area (Å²) in [5, 5.41) is 3.62. The molecule has 0 bridgehead atoms. The highest BCUT2D eigenvalue weighted by Gasteiger charge is 2.25. The number of hydrogen-bond acceptors (Lipinski definition) is 8. The smallest absolute Gasteiger partial charge is 0.320 e. The van der Waals surface area contributed by atoms with Crippen LogP contribution >= 0.6 is 15.9 Å². The summed E-state index contributed by atoms with van der Waals surface area (Å²) in [5.74, 6) is 0.568. The molecule has 2 fully saturated rings. The predicted molar refractivity (Wildman–Crippen MR) is 192 cm³/mol. The lowest BCUT2D eigenvalue weighted by Gasteiger charge is -2.32. The molecule has 2 aliphatic rings. The van der Waals surface area contributed by atoms with Gasteiger partial charge in [-0.25, -0.2) is 0 Å². The molecule has 1 N–H and O–H groups in total. The zero-order valence-corrected chi connectivity index (χ0v) is 31.2. The molecule has 2 aromatic carbocycles. The fourth-order valence-corrected chi connectivity index (χ4v) is 5.88. The van der Waals surface area contributed by atoms with E-state index in [1.54, 1.807) is 0 Å². The van der Waals surface area contributed by atoms with E-state index in [0.717, 1.165) is 81.1 Å². The number of rotatable bonds is 7. The first-order valence-electron chi connectivity index (χ1n) is 16.6. The van der Waals surface area contributed by atoms with E-state index in [0.29, 0.717) is 18.4 Å². The number of aldehydes is 2. The van der Waals surface area contributed by atoms with Crippen LogP contribution in [0.1, 0.15) is 122 Å². The molecule has 260 valence electrons. The average molecular weight is 716 g/mol. The number of carbonyl (C=O) groups is 4. The Morgan fingerprint density at radius 2 is 1.19 bits per heavy atom. The van der Waals surface area contributed by atoms with Gasteiger partial charge in [0.1, 0.15) is 29.1 Å². The minimum absolute atomic E-state index is 0.167. The molecule has 0 unspecified atom stereocenters. The van der Waals surface area contributed by atoms with Gasteiger partial charge in [0.2, 0.25) is 0 Å². The molecule has 0 atom stereocenters. The summed E-state index contributed by atoms with van der Waals surface area (Å²) in [6.07, 6.45) is 6.15. The molecule has 9 heteroatoms. The number of piperidine rings is 2. The number of likely N-dealkylation sites (tertiary alicyclic amines) is 1. The number of nitrogens with zero attached hydrogens (tertiary/aromatic N) is 1. The molecule has 0 aliphatic carbocycles. The van der Waals surface area contributed by atoms with Gasteiger partial charge in [-0.05, 0) is 130 Å². The minimum atomic E-state index is -0.435. The van der Waals surface area contributed by atoms with Crippen molar-refractivity contribution < 1.29 is 28.7 Å². The number of ether oxygens (including phenoxy) is 2. The van der Waals surface area contributed by atoms with Crippen molar-refractivity contribution >= 4 is 40.4 Å². The molecule has 0 spiro atoms. The summed E-state index contributed by atoms with van der Waals surface area (Å²) in [6, 6.07) is 12.1. The third-order valence-electron chi connectivity index (χ3n) is 7.85. The summed E-state index contributed by atoms with van der Waals surface area (Å²) in [6.45, 7) is 19.5. The molecule has 8 nitrogen and oxygen atoms in total. The lowest BCUT2D eigenvalue weighted by molar-refractivity contribution is -0.156. The fraction of sp³-hybridized carbons (Fsp3) is 0.579. The Bertz CT molecular complexity index is 1320. The quantitative estimate of drug-likeness (QED) is 0.181. The molecule has 0 amide bonds. The number of alkyl halides is 1. The maximum Gasteiger partial charge on any atom is 0.320 e. The summed E-state index contributed by atoms with van der Waals surface area (Å²) in [5.41, 5.74) is 5.69. The van der Waals surface area contributed by atoms with Crippen LogP contribution in [0.5, 0.6) is 0 Å². The van der Waals surface area contributed by atoms with Gasteiger partial charge in [0.25, 0.3) is 0 Å². The molecular weight excluding hydrogens is 660 g/mol. The number of carbonyl (C=O) groups excluding carboxylic acids is 4. The van der Waals surface area contributed by atoms with Crippen LogP contribution < -0.4 is 5.32 Å². The van der Waals surface area contributed by atoms with Crippen LogP contribution in [0.15, 0.2) is 36.4 Å². The number of benzene rings is 2. The Hall–Kier alpha value is -2.88. The van der Waals surface area contributed by atoms with Crippen molar-refractivity contribution in [3.8, 4) is 0 Å². The summed E-state index contributed by atoms with van der Waals surface area (Å²) in [4.78, 5) is 46.8. The number of aryl methyl sites for hydroxylation is 2. The summed E-state index contributed by atoms with van der Waals surface area (Å²) in [7, 11) is 0. The Labute approximate surface area is 290 Å². The standard InChI is InChI=1S/C19H27NO3.C13H17NO.C6H11BrO2/c1-14-5-6-16(13-21)17(11-14)15-7-9-20(10-8-15)12-18(22)23-19(2,3)4;1-10-2-3-12(9-15)13(8-10)11-4-6-14-7-5-11;1-6(2,3)9-5(8)4-7/h5-6,11,13,15H,7-10,12H2,1-4H3;2-3,8-9,11,14H,4-7H2,1H3;4H2,1-3H3. The Morgan fingerprint density at radius 3 is 1.57 bits per heavy atom. The van der Waals surface area contributed by atoms with Crippen LogP contribution in [-0.4, -0.2) is 78.7 Å². The van der Waals surface area contributed by atoms with E-state index in [9.17, 15) is 19.2 Å². The number of hydrogen-bond donors (Lipinski definition) is 1. The van der Waals surface area contributed by atoms with E-state index in [4.69, 9.17) is 9.47 Å². The lowest BCUT2D eigenvalue weighted by Crippen LogP contribution is -2.39. The first-order chi connectivity index (χ1) is 22.0. The van der Waals surface area contributed by atoms with Gasteiger partial charge in [-0.15, -0.1) is 0 Å². The van der Waals surface area contributed by atoms with Gasteiger partial charge in [-0.1, -0.05) is 63.5 Å². The number of esters is 2. The van der Waals surface area contributed by atoms with Crippen LogP contribution in [0.25, 0.3) is 0 Å². The maximum atomic E-state index is 11.9. The van der Waals surface area contributed by atoms with Crippen LogP contribution in [0.2, 0.25) is 0 Å². The van der Waals surface area contributed by atoms with Crippen LogP contribution in [0.4, 0.5) is 0 Å². The fourth-order valence-electron chi connectivity index (χ4n) is 5.77. The van der Waals surface area contributed by atoms with E-state index in [2.05, 4.69) is 52.1 Å². The van der Waals surface area contributed by atoms with Crippen LogP contribution in [-0.2, 0) is 19.1 Å². The van der Waals surface area contributed by atoms with Gasteiger partial charge in [0, 0.05) is 11.1 Å². The molecule has 2 heterocycles. The summed E-state index contributed by atoms with van der Waals surface area (Å²) < 4.78 is 10.3. The second-order valence-electron chi connectivity index (χ2n) is 14.4. The predicted octanol–water partition coefficient (Wildman–Crippen LogP) is 7.33. The highest BCUT2D eigenvalue weighted by molar-refractivity contribution is 9.09. The molecule has 0 radical (unpaired) electrons. The van der Waals surface area contributed by atoms with E-state index >= 15 is 0 Å². The van der Waals surface area contributed by atoms with Crippen molar-refractivity contribution in [2.75, 3.05) is 38.1 Å². The molecule has 2 saturated heterocycles. The average Bonchev–Trinajstić information content (AvgIpc) is 3.00. The van der Waals surface area contributed by atoms with Gasteiger partial charge < -0.3 is 14.8 Å². The van der Waals surface area contributed by atoms with Crippen molar-refractivity contribution in [2.24, 2.45) is 0 Å². The molecule has 47 heavy (non-hydrogen) atoms. The SMILES string of the molecule is CC(C)(C)OC(=O)CBr.Cc1ccc(C=O)c(C2CCN(CC(=O)OC(C)(C)C)CC2)c1.Cc1ccc(C=O)c(C2CCNCC2)c1. The largest absolute Gasteiger partial charge is 0.459 e. The van der Waals surface area contributed by atoms with Crippen molar-refractivity contribution in [3.63, 3.8) is 0 Å². The normalized spacial score (nSPS) is 16.1.